The molecule has 1 unspecified atom stereocenters. The maximum atomic E-state index is 14.7. The highest BCUT2D eigenvalue weighted by Crippen LogP contribution is 2.31. The van der Waals surface area contributed by atoms with Gasteiger partial charge in [0.1, 0.15) is 6.54 Å². The number of halogens is 2. The van der Waals surface area contributed by atoms with Crippen molar-refractivity contribution in [2.45, 2.75) is 108 Å². The number of carbonyl (C=O) groups is 2. The number of ether oxygens (including phenoxy) is 1. The molecule has 1 aromatic heterocycles. The van der Waals surface area contributed by atoms with E-state index in [0.717, 1.165) is 42.0 Å². The molecule has 0 aliphatic carbocycles. The molecule has 366 valence electrons. The summed E-state index contributed by atoms with van der Waals surface area (Å²) >= 11 is 13.1. The van der Waals surface area contributed by atoms with Crippen molar-refractivity contribution in [3.8, 4) is 0 Å². The van der Waals surface area contributed by atoms with E-state index in [4.69, 9.17) is 38.1 Å². The van der Waals surface area contributed by atoms with Gasteiger partial charge in [0.05, 0.1) is 65.8 Å². The summed E-state index contributed by atoms with van der Waals surface area (Å²) < 4.78 is 50.3. The fourth-order valence-electron chi connectivity index (χ4n) is 7.45. The van der Waals surface area contributed by atoms with Crippen LogP contribution in [0.1, 0.15) is 96.4 Å². The minimum absolute atomic E-state index is 0.0191. The maximum Gasteiger partial charge on any atom is 0.326 e. The molecule has 0 bridgehead atoms. The Morgan fingerprint density at radius 1 is 0.868 bits per heavy atom. The number of unbranched alkanes of at least 4 members (excludes halogenated alkanes) is 9. The highest BCUT2D eigenvalue weighted by molar-refractivity contribution is 7.99. The number of rotatable bonds is 25. The van der Waals surface area contributed by atoms with E-state index >= 15 is 0 Å². The van der Waals surface area contributed by atoms with Crippen molar-refractivity contribution in [2.75, 3.05) is 41.2 Å². The number of anilines is 3. The van der Waals surface area contributed by atoms with E-state index in [1.807, 2.05) is 17.9 Å². The summed E-state index contributed by atoms with van der Waals surface area (Å²) in [6, 6.07) is 19.5. The molecule has 0 radical (unpaired) electrons. The molecule has 5 aromatic rings. The molecule has 0 saturated heterocycles. The number of benzene rings is 4. The number of sulfonamides is 1. The number of aliphatic hydroxyl groups is 1. The normalized spacial score (nSPS) is 12.7. The van der Waals surface area contributed by atoms with Crippen molar-refractivity contribution >= 4 is 99.5 Å². The first-order chi connectivity index (χ1) is 32.5. The number of amides is 1. The van der Waals surface area contributed by atoms with E-state index in [9.17, 15) is 32.1 Å². The Bertz CT molecular complexity index is 2920. The standard InChI is InChI=1S/C49H61Cl2N7O8S2/c1-5-8-9-10-11-12-13-14-15-18-29-67(52,63)36-22-24-40(51)44(31-36)56-68(64,65)37-23-25-39(50)43(32-37)55-48(61)46(53-41-26-21-35(30-34(41)4)57(6-2)27-28-59)47-54-42-20-17-16-19-38(42)49(62)58(47)33-45(60)66-7-3/h16-17,19-26,29-32,56,59H,5-15,18,27-28,33H2,1-4H3,(H2,52,63)(H,55,61). The van der Waals surface area contributed by atoms with E-state index in [2.05, 4.69) is 21.9 Å². The average molecular weight is 1010 g/mol. The van der Waals surface area contributed by atoms with Crippen LogP contribution in [0.25, 0.3) is 10.9 Å². The van der Waals surface area contributed by atoms with Crippen LogP contribution in [-0.2, 0) is 40.6 Å². The van der Waals surface area contributed by atoms with E-state index in [1.165, 1.54) is 68.5 Å². The number of fused-ring (bicyclic) bond motifs is 1. The Morgan fingerprint density at radius 2 is 1.51 bits per heavy atom. The van der Waals surface area contributed by atoms with Crippen molar-refractivity contribution in [3.05, 3.63) is 111 Å². The molecule has 1 atom stereocenters. The molecule has 0 saturated carbocycles. The first kappa shape index (κ1) is 53.7. The molecule has 0 spiro atoms. The second-order valence-corrected chi connectivity index (χ2v) is 20.8. The minimum atomic E-state index is -4.46. The predicted octanol–water partition coefficient (Wildman–Crippen LogP) is 9.19. The number of hydrogen-bond acceptors (Lipinski definition) is 11. The molecular formula is C49H61Cl2N7O8S2. The van der Waals surface area contributed by atoms with Gasteiger partial charge in [-0.15, -0.1) is 0 Å². The quantitative estimate of drug-likeness (QED) is 0.0188. The zero-order chi connectivity index (χ0) is 49.4. The molecule has 68 heavy (non-hydrogen) atoms. The van der Waals surface area contributed by atoms with E-state index in [1.54, 1.807) is 49.5 Å². The highest BCUT2D eigenvalue weighted by Gasteiger charge is 2.27. The number of carbonyl (C=O) groups excluding carboxylic acids is 2. The molecule has 0 fully saturated rings. The summed E-state index contributed by atoms with van der Waals surface area (Å²) in [6.45, 7) is 7.86. The fraction of sp³-hybridized carbons (Fsp3) is 0.388. The summed E-state index contributed by atoms with van der Waals surface area (Å²) in [5, 5.41) is 20.3. The fourth-order valence-corrected chi connectivity index (χ4v) is 10.2. The van der Waals surface area contributed by atoms with Gasteiger partial charge in [0, 0.05) is 23.7 Å². The molecule has 1 heterocycles. The zero-order valence-corrected chi connectivity index (χ0v) is 42.1. The number of para-hydroxylation sites is 1. The Hall–Kier alpha value is -5.30. The lowest BCUT2D eigenvalue weighted by atomic mass is 10.1. The van der Waals surface area contributed by atoms with Gasteiger partial charge in [0.2, 0.25) is 0 Å². The van der Waals surface area contributed by atoms with Gasteiger partial charge >= 0.3 is 5.97 Å². The van der Waals surface area contributed by atoms with Crippen LogP contribution in [0, 0.1) is 6.92 Å². The van der Waals surface area contributed by atoms with Gasteiger partial charge in [-0.3, -0.25) is 28.8 Å². The number of hydrogen-bond donors (Lipinski definition) is 4. The largest absolute Gasteiger partial charge is 0.465 e. The van der Waals surface area contributed by atoms with Gasteiger partial charge in [-0.05, 0) is 111 Å². The van der Waals surface area contributed by atoms with Crippen molar-refractivity contribution in [1.29, 1.82) is 0 Å². The average Bonchev–Trinajstić information content (AvgIpc) is 3.30. The van der Waals surface area contributed by atoms with Gasteiger partial charge in [0.15, 0.2) is 11.5 Å². The number of nitrogens with zero attached hydrogens (tertiary/aromatic N) is 4. The predicted molar refractivity (Wildman–Crippen MR) is 276 cm³/mol. The summed E-state index contributed by atoms with van der Waals surface area (Å²) in [5.41, 5.74) is 0.636. The first-order valence-corrected chi connectivity index (χ1v) is 26.7. The number of nitrogens with two attached hydrogens (primary N) is 1. The number of aliphatic imine (C=N–C) groups is 1. The molecule has 0 aliphatic heterocycles. The number of likely N-dealkylation sites (N-methyl/N-ethyl adjacent to an activating group) is 1. The summed E-state index contributed by atoms with van der Waals surface area (Å²) in [7, 11) is -7.61. The first-order valence-electron chi connectivity index (χ1n) is 22.8. The number of nitrogens with one attached hydrogen (secondary N) is 2. The van der Waals surface area contributed by atoms with Crippen molar-refractivity contribution in [3.63, 3.8) is 0 Å². The second-order valence-electron chi connectivity index (χ2n) is 16.2. The third-order valence-electron chi connectivity index (χ3n) is 11.1. The molecule has 5 N–H and O–H groups in total. The SMILES string of the molecule is CCCCCCCCCCCC=S(N)(=O)c1ccc(Cl)c(NS(=O)(=O)c2ccc(Cl)c(NC(=O)C(=Nc3ccc(N(CC)CCO)cc3C)c3nc4ccccc4c(=O)n3CC(=O)OCC)c2)c1. The molecule has 5 rings (SSSR count). The summed E-state index contributed by atoms with van der Waals surface area (Å²) in [5.74, 6) is -2.01. The number of aromatic nitrogens is 2. The van der Waals surface area contributed by atoms with Gasteiger partial charge in [-0.2, -0.15) is 0 Å². The summed E-state index contributed by atoms with van der Waals surface area (Å²) in [4.78, 5) is 52.9. The Balaban J connectivity index is 1.48. The maximum absolute atomic E-state index is 14.7. The third kappa shape index (κ3) is 14.4. The molecular weight excluding hydrogens is 950 g/mol. The van der Waals surface area contributed by atoms with Crippen LogP contribution in [0.3, 0.4) is 0 Å². The van der Waals surface area contributed by atoms with Crippen LogP contribution in [0.5, 0.6) is 0 Å². The lowest BCUT2D eigenvalue weighted by Crippen LogP contribution is -2.36. The molecule has 19 heteroatoms. The number of aliphatic hydroxyl groups excluding tert-OH is 1. The van der Waals surface area contributed by atoms with Crippen molar-refractivity contribution in [1.82, 2.24) is 9.55 Å². The third-order valence-corrected chi connectivity index (χ3v) is 14.9. The minimum Gasteiger partial charge on any atom is -0.465 e. The van der Waals surface area contributed by atoms with Crippen LogP contribution in [-0.4, -0.2) is 76.5 Å². The van der Waals surface area contributed by atoms with Crippen LogP contribution < -0.4 is 25.6 Å². The number of aryl methyl sites for hydroxylation is 1. The van der Waals surface area contributed by atoms with Crippen molar-refractivity contribution < 1.29 is 32.1 Å². The molecule has 15 nitrogen and oxygen atoms in total. The zero-order valence-electron chi connectivity index (χ0n) is 38.9. The lowest BCUT2D eigenvalue weighted by Gasteiger charge is -2.22. The Labute approximate surface area is 409 Å². The summed E-state index contributed by atoms with van der Waals surface area (Å²) in [6.07, 6.45) is 10.8. The lowest BCUT2D eigenvalue weighted by molar-refractivity contribution is -0.143. The Kier molecular flexibility index (Phi) is 20.0. The van der Waals surface area contributed by atoms with Gasteiger partial charge in [0.25, 0.3) is 21.5 Å². The number of esters is 1. The van der Waals surface area contributed by atoms with Gasteiger partial charge in [-0.25, -0.2) is 22.6 Å². The van der Waals surface area contributed by atoms with Crippen LogP contribution in [0.4, 0.5) is 22.7 Å². The monoisotopic (exact) mass is 1010 g/mol. The molecule has 1 amide bonds. The smallest absolute Gasteiger partial charge is 0.326 e. The topological polar surface area (TPSA) is 215 Å². The highest BCUT2D eigenvalue weighted by atomic mass is 35.5. The van der Waals surface area contributed by atoms with Crippen LogP contribution in [0.15, 0.2) is 98.4 Å². The van der Waals surface area contributed by atoms with Gasteiger partial charge in [-0.1, -0.05) is 93.6 Å². The second kappa shape index (κ2) is 25.3. The van der Waals surface area contributed by atoms with Crippen LogP contribution in [0.2, 0.25) is 10.0 Å². The molecule has 0 aliphatic rings. The van der Waals surface area contributed by atoms with E-state index in [0.29, 0.717) is 30.8 Å². The van der Waals surface area contributed by atoms with E-state index < -0.39 is 49.4 Å². The van der Waals surface area contributed by atoms with E-state index in [-0.39, 0.29) is 61.2 Å². The molecule has 4 aromatic carbocycles. The van der Waals surface area contributed by atoms with Crippen molar-refractivity contribution in [2.24, 2.45) is 10.1 Å². The Morgan fingerprint density at radius 3 is 2.18 bits per heavy atom. The van der Waals surface area contributed by atoms with Crippen LogP contribution >= 0.6 is 23.2 Å². The van der Waals surface area contributed by atoms with Gasteiger partial charge < -0.3 is 20.1 Å².